The van der Waals surface area contributed by atoms with Gasteiger partial charge in [-0.2, -0.15) is 0 Å². The SMILES string of the molecule is O=C(c1ccc(N2CCC(Sc3ccccc3)CC2)nc1)N1CCCC1. The Morgan fingerprint density at radius 1 is 0.962 bits per heavy atom. The number of carbonyl (C=O) groups is 1. The highest BCUT2D eigenvalue weighted by atomic mass is 32.2. The lowest BCUT2D eigenvalue weighted by Gasteiger charge is -2.32. The number of amides is 1. The minimum absolute atomic E-state index is 0.125. The summed E-state index contributed by atoms with van der Waals surface area (Å²) < 4.78 is 0. The molecule has 2 aromatic rings. The molecule has 0 aliphatic carbocycles. The fraction of sp³-hybridized carbons (Fsp3) is 0.429. The van der Waals surface area contributed by atoms with E-state index in [1.165, 1.54) is 4.90 Å². The first kappa shape index (κ1) is 17.4. The Morgan fingerprint density at radius 2 is 1.69 bits per heavy atom. The number of thioether (sulfide) groups is 1. The van der Waals surface area contributed by atoms with Crippen LogP contribution in [-0.2, 0) is 0 Å². The van der Waals surface area contributed by atoms with Gasteiger partial charge in [-0.05, 0) is 49.9 Å². The van der Waals surface area contributed by atoms with Crippen LogP contribution in [0.15, 0.2) is 53.6 Å². The molecular formula is C21H25N3OS. The van der Waals surface area contributed by atoms with E-state index < -0.39 is 0 Å². The molecule has 1 aromatic heterocycles. The second-order valence-electron chi connectivity index (χ2n) is 7.02. The Kier molecular flexibility index (Phi) is 5.44. The maximum atomic E-state index is 12.4. The van der Waals surface area contributed by atoms with Crippen molar-refractivity contribution in [3.63, 3.8) is 0 Å². The highest BCUT2D eigenvalue weighted by Gasteiger charge is 2.22. The van der Waals surface area contributed by atoms with Crippen molar-refractivity contribution in [3.8, 4) is 0 Å². The van der Waals surface area contributed by atoms with E-state index in [0.717, 1.165) is 57.7 Å². The molecule has 2 saturated heterocycles. The summed E-state index contributed by atoms with van der Waals surface area (Å²) in [5, 5.41) is 0.671. The molecule has 0 spiro atoms. The standard InChI is InChI=1S/C21H25N3OS/c25-21(24-12-4-5-13-24)17-8-9-20(22-16-17)23-14-10-19(11-15-23)26-18-6-2-1-3-7-18/h1-3,6-9,16,19H,4-5,10-15H2. The van der Waals surface area contributed by atoms with Crippen molar-refractivity contribution in [1.82, 2.24) is 9.88 Å². The lowest BCUT2D eigenvalue weighted by Crippen LogP contribution is -2.35. The predicted octanol–water partition coefficient (Wildman–Crippen LogP) is 4.08. The van der Waals surface area contributed by atoms with Gasteiger partial charge in [-0.3, -0.25) is 4.79 Å². The molecule has 5 heteroatoms. The first-order chi connectivity index (χ1) is 12.8. The van der Waals surface area contributed by atoms with E-state index in [4.69, 9.17) is 0 Å². The smallest absolute Gasteiger partial charge is 0.255 e. The Bertz CT molecular complexity index is 721. The Labute approximate surface area is 159 Å². The topological polar surface area (TPSA) is 36.4 Å². The van der Waals surface area contributed by atoms with Crippen LogP contribution >= 0.6 is 11.8 Å². The van der Waals surface area contributed by atoms with Crippen LogP contribution in [0.4, 0.5) is 5.82 Å². The average Bonchev–Trinajstić information content (AvgIpc) is 3.24. The molecule has 136 valence electrons. The van der Waals surface area contributed by atoms with Gasteiger partial charge in [0.15, 0.2) is 0 Å². The molecule has 0 unspecified atom stereocenters. The minimum Gasteiger partial charge on any atom is -0.357 e. The van der Waals surface area contributed by atoms with Crippen molar-refractivity contribution in [2.75, 3.05) is 31.1 Å². The van der Waals surface area contributed by atoms with E-state index in [1.54, 1.807) is 6.20 Å². The van der Waals surface area contributed by atoms with Crippen LogP contribution in [-0.4, -0.2) is 47.2 Å². The van der Waals surface area contributed by atoms with Crippen LogP contribution < -0.4 is 4.90 Å². The molecule has 3 heterocycles. The van der Waals surface area contributed by atoms with Crippen molar-refractivity contribution in [3.05, 3.63) is 54.2 Å². The monoisotopic (exact) mass is 367 g/mol. The molecular weight excluding hydrogens is 342 g/mol. The zero-order chi connectivity index (χ0) is 17.8. The fourth-order valence-electron chi connectivity index (χ4n) is 3.70. The summed E-state index contributed by atoms with van der Waals surface area (Å²) in [7, 11) is 0. The summed E-state index contributed by atoms with van der Waals surface area (Å²) in [6, 6.07) is 14.6. The quantitative estimate of drug-likeness (QED) is 0.816. The number of aromatic nitrogens is 1. The predicted molar refractivity (Wildman–Crippen MR) is 107 cm³/mol. The lowest BCUT2D eigenvalue weighted by atomic mass is 10.1. The van der Waals surface area contributed by atoms with Gasteiger partial charge in [0, 0.05) is 42.5 Å². The van der Waals surface area contributed by atoms with E-state index in [1.807, 2.05) is 28.8 Å². The summed E-state index contributed by atoms with van der Waals surface area (Å²) in [4.78, 5) is 22.6. The van der Waals surface area contributed by atoms with Crippen LogP contribution in [0.2, 0.25) is 0 Å². The molecule has 2 aliphatic heterocycles. The largest absolute Gasteiger partial charge is 0.357 e. The molecule has 0 bridgehead atoms. The third kappa shape index (κ3) is 4.04. The van der Waals surface area contributed by atoms with Gasteiger partial charge >= 0.3 is 0 Å². The lowest BCUT2D eigenvalue weighted by molar-refractivity contribution is 0.0792. The van der Waals surface area contributed by atoms with Crippen molar-refractivity contribution in [1.29, 1.82) is 0 Å². The molecule has 1 amide bonds. The van der Waals surface area contributed by atoms with E-state index in [-0.39, 0.29) is 5.91 Å². The number of rotatable bonds is 4. The van der Waals surface area contributed by atoms with Gasteiger partial charge in [-0.25, -0.2) is 4.98 Å². The zero-order valence-corrected chi connectivity index (χ0v) is 15.8. The molecule has 0 radical (unpaired) electrons. The second-order valence-corrected chi connectivity index (χ2v) is 8.40. The van der Waals surface area contributed by atoms with E-state index in [2.05, 4.69) is 40.2 Å². The van der Waals surface area contributed by atoms with Crippen LogP contribution in [0.5, 0.6) is 0 Å². The summed E-state index contributed by atoms with van der Waals surface area (Å²) in [6.07, 6.45) is 6.31. The molecule has 0 N–H and O–H groups in total. The molecule has 26 heavy (non-hydrogen) atoms. The molecule has 2 fully saturated rings. The van der Waals surface area contributed by atoms with Crippen LogP contribution in [0, 0.1) is 0 Å². The maximum Gasteiger partial charge on any atom is 0.255 e. The molecule has 0 saturated carbocycles. The Balaban J connectivity index is 1.32. The van der Waals surface area contributed by atoms with Gasteiger partial charge in [-0.15, -0.1) is 11.8 Å². The fourth-order valence-corrected chi connectivity index (χ4v) is 4.84. The van der Waals surface area contributed by atoms with Crippen LogP contribution in [0.1, 0.15) is 36.0 Å². The molecule has 4 rings (SSSR count). The van der Waals surface area contributed by atoms with E-state index in [0.29, 0.717) is 10.8 Å². The number of likely N-dealkylation sites (tertiary alicyclic amines) is 1. The van der Waals surface area contributed by atoms with Gasteiger partial charge in [0.25, 0.3) is 5.91 Å². The second kappa shape index (κ2) is 8.12. The number of hydrogen-bond donors (Lipinski definition) is 0. The Morgan fingerprint density at radius 3 is 2.35 bits per heavy atom. The summed E-state index contributed by atoms with van der Waals surface area (Å²) in [6.45, 7) is 3.81. The summed E-state index contributed by atoms with van der Waals surface area (Å²) in [5.74, 6) is 1.12. The minimum atomic E-state index is 0.125. The first-order valence-electron chi connectivity index (χ1n) is 9.51. The normalized spacial score (nSPS) is 18.3. The van der Waals surface area contributed by atoms with Crippen molar-refractivity contribution >= 4 is 23.5 Å². The van der Waals surface area contributed by atoms with Gasteiger partial charge in [-0.1, -0.05) is 18.2 Å². The highest BCUT2D eigenvalue weighted by Crippen LogP contribution is 2.31. The molecule has 1 aromatic carbocycles. The van der Waals surface area contributed by atoms with E-state index in [9.17, 15) is 4.79 Å². The third-order valence-corrected chi connectivity index (χ3v) is 6.55. The van der Waals surface area contributed by atoms with Crippen molar-refractivity contribution in [2.45, 2.75) is 35.8 Å². The molecule has 0 atom stereocenters. The Hall–Kier alpha value is -2.01. The number of nitrogens with zero attached hydrogens (tertiary/aromatic N) is 3. The number of piperidine rings is 1. The zero-order valence-electron chi connectivity index (χ0n) is 15.0. The van der Waals surface area contributed by atoms with Gasteiger partial charge in [0.1, 0.15) is 5.82 Å². The van der Waals surface area contributed by atoms with E-state index >= 15 is 0 Å². The van der Waals surface area contributed by atoms with Gasteiger partial charge in [0.05, 0.1) is 5.56 Å². The first-order valence-corrected chi connectivity index (χ1v) is 10.4. The average molecular weight is 368 g/mol. The van der Waals surface area contributed by atoms with Crippen LogP contribution in [0.25, 0.3) is 0 Å². The number of pyridine rings is 1. The number of hydrogen-bond acceptors (Lipinski definition) is 4. The number of carbonyl (C=O) groups excluding carboxylic acids is 1. The summed E-state index contributed by atoms with van der Waals surface area (Å²) >= 11 is 1.98. The third-order valence-electron chi connectivity index (χ3n) is 5.20. The van der Waals surface area contributed by atoms with Crippen LogP contribution in [0.3, 0.4) is 0 Å². The van der Waals surface area contributed by atoms with Crippen molar-refractivity contribution in [2.24, 2.45) is 0 Å². The maximum absolute atomic E-state index is 12.4. The highest BCUT2D eigenvalue weighted by molar-refractivity contribution is 8.00. The summed E-state index contributed by atoms with van der Waals surface area (Å²) in [5.41, 5.74) is 0.713. The van der Waals surface area contributed by atoms with Gasteiger partial charge in [0.2, 0.25) is 0 Å². The van der Waals surface area contributed by atoms with Gasteiger partial charge < -0.3 is 9.80 Å². The molecule has 2 aliphatic rings. The number of benzene rings is 1. The molecule has 4 nitrogen and oxygen atoms in total. The van der Waals surface area contributed by atoms with Crippen molar-refractivity contribution < 1.29 is 4.79 Å². The number of anilines is 1.